The van der Waals surface area contributed by atoms with Crippen LogP contribution in [0.4, 0.5) is 0 Å². The van der Waals surface area contributed by atoms with Gasteiger partial charge in [-0.1, -0.05) is 0 Å². The van der Waals surface area contributed by atoms with E-state index in [1.54, 1.807) is 0 Å². The van der Waals surface area contributed by atoms with Crippen molar-refractivity contribution in [1.29, 1.82) is 0 Å². The number of piperidine rings is 1. The zero-order chi connectivity index (χ0) is 12.0. The summed E-state index contributed by atoms with van der Waals surface area (Å²) in [6.07, 6.45) is 5.71. The first kappa shape index (κ1) is 13.8. The standard InChI is InChI=1S/C12H24N2OS/c1-11-6-4-5-7-14(11)12(15)10-13(2)8-9-16-3/h11H,4-10H2,1-3H3/t11-/m0/s1. The highest BCUT2D eigenvalue weighted by Crippen LogP contribution is 2.16. The molecule has 0 aromatic carbocycles. The molecule has 0 saturated carbocycles. The van der Waals surface area contributed by atoms with E-state index in [0.29, 0.717) is 18.5 Å². The van der Waals surface area contributed by atoms with Crippen LogP contribution in [0.15, 0.2) is 0 Å². The summed E-state index contributed by atoms with van der Waals surface area (Å²) in [5.41, 5.74) is 0. The fraction of sp³-hybridized carbons (Fsp3) is 0.917. The van der Waals surface area contributed by atoms with Gasteiger partial charge in [-0.15, -0.1) is 0 Å². The Morgan fingerprint density at radius 2 is 2.25 bits per heavy atom. The summed E-state index contributed by atoms with van der Waals surface area (Å²) in [7, 11) is 2.03. The summed E-state index contributed by atoms with van der Waals surface area (Å²) in [4.78, 5) is 16.2. The van der Waals surface area contributed by atoms with Gasteiger partial charge in [-0.2, -0.15) is 11.8 Å². The predicted octanol–water partition coefficient (Wildman–Crippen LogP) is 1.68. The van der Waals surface area contributed by atoms with Crippen molar-refractivity contribution in [3.05, 3.63) is 0 Å². The molecule has 1 amide bonds. The average Bonchev–Trinajstić information content (AvgIpc) is 2.26. The molecular weight excluding hydrogens is 220 g/mol. The lowest BCUT2D eigenvalue weighted by atomic mass is 10.0. The smallest absolute Gasteiger partial charge is 0.236 e. The third-order valence-electron chi connectivity index (χ3n) is 3.21. The summed E-state index contributed by atoms with van der Waals surface area (Å²) in [5, 5.41) is 0. The van der Waals surface area contributed by atoms with E-state index >= 15 is 0 Å². The number of hydrogen-bond donors (Lipinski definition) is 0. The fourth-order valence-corrected chi connectivity index (χ4v) is 2.61. The number of rotatable bonds is 5. The van der Waals surface area contributed by atoms with E-state index in [1.807, 2.05) is 18.8 Å². The topological polar surface area (TPSA) is 23.6 Å². The van der Waals surface area contributed by atoms with Gasteiger partial charge in [0.25, 0.3) is 0 Å². The Bertz CT molecular complexity index is 223. The van der Waals surface area contributed by atoms with E-state index in [9.17, 15) is 4.79 Å². The van der Waals surface area contributed by atoms with E-state index in [0.717, 1.165) is 18.8 Å². The van der Waals surface area contributed by atoms with E-state index in [2.05, 4.69) is 23.0 Å². The van der Waals surface area contributed by atoms with Gasteiger partial charge in [0, 0.05) is 24.9 Å². The second kappa shape index (κ2) is 7.17. The monoisotopic (exact) mass is 244 g/mol. The van der Waals surface area contributed by atoms with Gasteiger partial charge < -0.3 is 4.90 Å². The Balaban J connectivity index is 2.32. The number of likely N-dealkylation sites (N-methyl/N-ethyl adjacent to an activating group) is 1. The first-order chi connectivity index (χ1) is 7.65. The SMILES string of the molecule is CSCCN(C)CC(=O)N1CCCC[C@@H]1C. The molecule has 0 bridgehead atoms. The van der Waals surface area contributed by atoms with Crippen molar-refractivity contribution in [2.45, 2.75) is 32.2 Å². The fourth-order valence-electron chi connectivity index (χ4n) is 2.12. The van der Waals surface area contributed by atoms with Crippen LogP contribution >= 0.6 is 11.8 Å². The van der Waals surface area contributed by atoms with E-state index < -0.39 is 0 Å². The molecule has 94 valence electrons. The van der Waals surface area contributed by atoms with Gasteiger partial charge in [-0.25, -0.2) is 0 Å². The van der Waals surface area contributed by atoms with E-state index in [-0.39, 0.29) is 0 Å². The molecule has 1 heterocycles. The molecule has 1 saturated heterocycles. The van der Waals surface area contributed by atoms with Crippen LogP contribution in [-0.2, 0) is 4.79 Å². The van der Waals surface area contributed by atoms with Gasteiger partial charge in [0.05, 0.1) is 6.54 Å². The predicted molar refractivity (Wildman–Crippen MR) is 70.9 cm³/mol. The van der Waals surface area contributed by atoms with Crippen LogP contribution in [0.1, 0.15) is 26.2 Å². The van der Waals surface area contributed by atoms with Gasteiger partial charge in [-0.05, 0) is 39.5 Å². The number of carbonyl (C=O) groups is 1. The molecule has 0 unspecified atom stereocenters. The Morgan fingerprint density at radius 1 is 1.50 bits per heavy atom. The Morgan fingerprint density at radius 3 is 2.88 bits per heavy atom. The number of carbonyl (C=O) groups excluding carboxylic acids is 1. The van der Waals surface area contributed by atoms with Crippen LogP contribution in [0.2, 0.25) is 0 Å². The van der Waals surface area contributed by atoms with Crippen molar-refractivity contribution in [1.82, 2.24) is 9.80 Å². The summed E-state index contributed by atoms with van der Waals surface area (Å²) in [5.74, 6) is 1.40. The Kier molecular flexibility index (Phi) is 6.21. The molecule has 16 heavy (non-hydrogen) atoms. The average molecular weight is 244 g/mol. The van der Waals surface area contributed by atoms with Crippen molar-refractivity contribution in [2.24, 2.45) is 0 Å². The first-order valence-corrected chi connectivity index (χ1v) is 7.51. The molecule has 1 aliphatic heterocycles. The maximum Gasteiger partial charge on any atom is 0.236 e. The lowest BCUT2D eigenvalue weighted by molar-refractivity contribution is -0.135. The summed E-state index contributed by atoms with van der Waals surface area (Å²) in [6.45, 7) is 4.69. The minimum atomic E-state index is 0.302. The molecule has 0 aromatic heterocycles. The van der Waals surface area contributed by atoms with Crippen LogP contribution in [0.25, 0.3) is 0 Å². The van der Waals surface area contributed by atoms with Gasteiger partial charge in [-0.3, -0.25) is 9.69 Å². The first-order valence-electron chi connectivity index (χ1n) is 6.12. The molecule has 4 heteroatoms. The molecule has 0 radical (unpaired) electrons. The van der Waals surface area contributed by atoms with Gasteiger partial charge >= 0.3 is 0 Å². The van der Waals surface area contributed by atoms with Crippen LogP contribution in [0.5, 0.6) is 0 Å². The quantitative estimate of drug-likeness (QED) is 0.735. The lowest BCUT2D eigenvalue weighted by Crippen LogP contribution is -2.46. The molecule has 0 aliphatic carbocycles. The molecular formula is C12H24N2OS. The highest BCUT2D eigenvalue weighted by Gasteiger charge is 2.23. The highest BCUT2D eigenvalue weighted by molar-refractivity contribution is 7.98. The maximum atomic E-state index is 12.1. The summed E-state index contributed by atoms with van der Waals surface area (Å²) < 4.78 is 0. The zero-order valence-corrected chi connectivity index (χ0v) is 11.6. The maximum absolute atomic E-state index is 12.1. The molecule has 3 nitrogen and oxygen atoms in total. The minimum Gasteiger partial charge on any atom is -0.339 e. The number of nitrogens with zero attached hydrogens (tertiary/aromatic N) is 2. The number of thioether (sulfide) groups is 1. The van der Waals surface area contributed by atoms with Crippen LogP contribution in [0, 0.1) is 0 Å². The summed E-state index contributed by atoms with van der Waals surface area (Å²) >= 11 is 1.83. The van der Waals surface area contributed by atoms with Crippen LogP contribution in [-0.4, -0.2) is 60.4 Å². The Labute approximate surface area is 104 Å². The number of amides is 1. The molecule has 0 N–H and O–H groups in total. The minimum absolute atomic E-state index is 0.302. The van der Waals surface area contributed by atoms with Gasteiger partial charge in [0.2, 0.25) is 5.91 Å². The van der Waals surface area contributed by atoms with Crippen LogP contribution in [0.3, 0.4) is 0 Å². The molecule has 1 aliphatic rings. The second-order valence-corrected chi connectivity index (χ2v) is 5.65. The second-order valence-electron chi connectivity index (χ2n) is 4.66. The van der Waals surface area contributed by atoms with E-state index in [1.165, 1.54) is 19.3 Å². The van der Waals surface area contributed by atoms with Crippen molar-refractivity contribution in [3.63, 3.8) is 0 Å². The third-order valence-corrected chi connectivity index (χ3v) is 3.80. The molecule has 0 spiro atoms. The molecule has 0 aromatic rings. The van der Waals surface area contributed by atoms with Crippen molar-refractivity contribution >= 4 is 17.7 Å². The van der Waals surface area contributed by atoms with Gasteiger partial charge in [0.15, 0.2) is 0 Å². The zero-order valence-electron chi connectivity index (χ0n) is 10.7. The molecule has 1 rings (SSSR count). The lowest BCUT2D eigenvalue weighted by Gasteiger charge is -2.34. The Hall–Kier alpha value is -0.220. The number of hydrogen-bond acceptors (Lipinski definition) is 3. The normalized spacial score (nSPS) is 21.5. The summed E-state index contributed by atoms with van der Waals surface area (Å²) in [6, 6.07) is 0.440. The third kappa shape index (κ3) is 4.34. The van der Waals surface area contributed by atoms with Crippen molar-refractivity contribution in [3.8, 4) is 0 Å². The van der Waals surface area contributed by atoms with Crippen molar-refractivity contribution in [2.75, 3.05) is 38.7 Å². The molecule has 1 atom stereocenters. The molecule has 1 fully saturated rings. The highest BCUT2D eigenvalue weighted by atomic mass is 32.2. The van der Waals surface area contributed by atoms with E-state index in [4.69, 9.17) is 0 Å². The van der Waals surface area contributed by atoms with Gasteiger partial charge in [0.1, 0.15) is 0 Å². The largest absolute Gasteiger partial charge is 0.339 e. The number of likely N-dealkylation sites (tertiary alicyclic amines) is 1. The van der Waals surface area contributed by atoms with Crippen molar-refractivity contribution < 1.29 is 4.79 Å². The van der Waals surface area contributed by atoms with Crippen LogP contribution < -0.4 is 0 Å².